The summed E-state index contributed by atoms with van der Waals surface area (Å²) in [5, 5.41) is 0. The topological polar surface area (TPSA) is 69.1 Å². The highest BCUT2D eigenvalue weighted by atomic mass is 79.9. The van der Waals surface area contributed by atoms with Crippen LogP contribution in [0.15, 0.2) is 75.6 Å². The fourth-order valence-corrected chi connectivity index (χ4v) is 3.46. The predicted octanol–water partition coefficient (Wildman–Crippen LogP) is 4.95. The van der Waals surface area contributed by atoms with Gasteiger partial charge in [-0.05, 0) is 56.9 Å². The quantitative estimate of drug-likeness (QED) is 0.520. The minimum absolute atomic E-state index is 0.190. The highest BCUT2D eigenvalue weighted by Gasteiger charge is 2.13. The van der Waals surface area contributed by atoms with E-state index in [0.717, 1.165) is 32.2 Å². The molecule has 0 saturated carbocycles. The summed E-state index contributed by atoms with van der Waals surface area (Å²) in [6, 6.07) is 21.7. The minimum Gasteiger partial charge on any atom is -0.435 e. The van der Waals surface area contributed by atoms with Gasteiger partial charge in [-0.25, -0.2) is 4.98 Å². The number of fused-ring (bicyclic) bond motifs is 1. The molecule has 0 aliphatic carbocycles. The first-order valence-electron chi connectivity index (χ1n) is 8.13. The van der Waals surface area contributed by atoms with Crippen molar-refractivity contribution in [2.75, 3.05) is 0 Å². The zero-order valence-electron chi connectivity index (χ0n) is 13.8. The molecule has 0 fully saturated rings. The van der Waals surface area contributed by atoms with Crippen LogP contribution < -0.4 is 5.73 Å². The lowest BCUT2D eigenvalue weighted by atomic mass is 10.1. The molecule has 4 nitrogen and oxygen atoms in total. The third-order valence-electron chi connectivity index (χ3n) is 4.10. The summed E-state index contributed by atoms with van der Waals surface area (Å²) in [6.07, 6.45) is 0.190. The maximum absolute atomic E-state index is 11.2. The first-order chi connectivity index (χ1) is 12.6. The van der Waals surface area contributed by atoms with Crippen molar-refractivity contribution in [1.82, 2.24) is 4.98 Å². The normalized spacial score (nSPS) is 11.0. The lowest BCUT2D eigenvalue weighted by Gasteiger charge is -2.02. The minimum atomic E-state index is -0.366. The van der Waals surface area contributed by atoms with Crippen molar-refractivity contribution in [2.24, 2.45) is 5.73 Å². The maximum atomic E-state index is 11.2. The van der Waals surface area contributed by atoms with Gasteiger partial charge >= 0.3 is 0 Å². The van der Waals surface area contributed by atoms with Gasteiger partial charge in [-0.1, -0.05) is 42.5 Å². The summed E-state index contributed by atoms with van der Waals surface area (Å²) >= 11 is 3.58. The van der Waals surface area contributed by atoms with E-state index < -0.39 is 0 Å². The van der Waals surface area contributed by atoms with Crippen molar-refractivity contribution >= 4 is 32.9 Å². The van der Waals surface area contributed by atoms with Crippen LogP contribution in [0.2, 0.25) is 0 Å². The second-order valence-electron chi connectivity index (χ2n) is 6.03. The Morgan fingerprint density at radius 2 is 1.73 bits per heavy atom. The summed E-state index contributed by atoms with van der Waals surface area (Å²) in [7, 11) is 0. The van der Waals surface area contributed by atoms with Crippen molar-refractivity contribution in [3.05, 3.63) is 76.8 Å². The molecule has 3 aromatic carbocycles. The molecule has 26 heavy (non-hydrogen) atoms. The van der Waals surface area contributed by atoms with E-state index in [2.05, 4.69) is 33.0 Å². The highest BCUT2D eigenvalue weighted by molar-refractivity contribution is 9.10. The second kappa shape index (κ2) is 6.77. The Labute approximate surface area is 158 Å². The molecule has 2 N–H and O–H groups in total. The lowest BCUT2D eigenvalue weighted by Crippen LogP contribution is -2.13. The van der Waals surface area contributed by atoms with Crippen molar-refractivity contribution in [2.45, 2.75) is 6.42 Å². The predicted molar refractivity (Wildman–Crippen MR) is 105 cm³/mol. The number of aromatic nitrogens is 1. The number of nitrogens with two attached hydrogens (primary N) is 1. The van der Waals surface area contributed by atoms with Gasteiger partial charge in [-0.3, -0.25) is 4.79 Å². The zero-order chi connectivity index (χ0) is 18.1. The number of hydrogen-bond acceptors (Lipinski definition) is 3. The summed E-state index contributed by atoms with van der Waals surface area (Å²) in [5.41, 5.74) is 10.6. The number of carbonyl (C=O) groups excluding carboxylic acids is 1. The fourth-order valence-electron chi connectivity index (χ4n) is 2.93. The molecule has 4 aromatic rings. The molecule has 5 heteroatoms. The van der Waals surface area contributed by atoms with Gasteiger partial charge in [0.1, 0.15) is 5.52 Å². The third-order valence-corrected chi connectivity index (χ3v) is 4.69. The van der Waals surface area contributed by atoms with Crippen molar-refractivity contribution in [3.63, 3.8) is 0 Å². The van der Waals surface area contributed by atoms with Gasteiger partial charge in [0.15, 0.2) is 5.58 Å². The monoisotopic (exact) mass is 406 g/mol. The molecule has 0 saturated heterocycles. The summed E-state index contributed by atoms with van der Waals surface area (Å²) in [6.45, 7) is 0. The summed E-state index contributed by atoms with van der Waals surface area (Å²) in [5.74, 6) is 0.146. The Balaban J connectivity index is 1.79. The second-order valence-corrected chi connectivity index (χ2v) is 6.89. The number of halogens is 1. The summed E-state index contributed by atoms with van der Waals surface area (Å²) in [4.78, 5) is 15.8. The standard InChI is InChI=1S/C21H15BrN2O2/c22-17-11-16(14-6-2-1-3-7-14)12-18-20(17)26-21(24-18)15-8-4-5-13(9-15)10-19(23)25/h1-9,11-12H,10H2,(H2,23,25). The SMILES string of the molecule is NC(=O)Cc1cccc(-c2nc3cc(-c4ccccc4)cc(Br)c3o2)c1. The van der Waals surface area contributed by atoms with E-state index in [0.29, 0.717) is 11.5 Å². The maximum Gasteiger partial charge on any atom is 0.227 e. The van der Waals surface area contributed by atoms with E-state index in [4.69, 9.17) is 10.2 Å². The van der Waals surface area contributed by atoms with E-state index in [1.54, 1.807) is 0 Å². The zero-order valence-corrected chi connectivity index (χ0v) is 15.4. The number of oxazole rings is 1. The Kier molecular flexibility index (Phi) is 4.31. The van der Waals surface area contributed by atoms with Crippen LogP contribution in [0.4, 0.5) is 0 Å². The molecule has 1 amide bonds. The summed E-state index contributed by atoms with van der Waals surface area (Å²) < 4.78 is 6.81. The van der Waals surface area contributed by atoms with Crippen molar-refractivity contribution in [3.8, 4) is 22.6 Å². The van der Waals surface area contributed by atoms with E-state index >= 15 is 0 Å². The molecule has 0 atom stereocenters. The number of rotatable bonds is 4. The number of amides is 1. The van der Waals surface area contributed by atoms with E-state index in [-0.39, 0.29) is 12.3 Å². The van der Waals surface area contributed by atoms with E-state index in [1.807, 2.05) is 54.6 Å². The van der Waals surface area contributed by atoms with Gasteiger partial charge in [-0.15, -0.1) is 0 Å². The smallest absolute Gasteiger partial charge is 0.227 e. The number of hydrogen-bond donors (Lipinski definition) is 1. The molecule has 0 bridgehead atoms. The first-order valence-corrected chi connectivity index (χ1v) is 8.92. The van der Waals surface area contributed by atoms with Crippen molar-refractivity contribution < 1.29 is 9.21 Å². The Morgan fingerprint density at radius 3 is 2.50 bits per heavy atom. The molecule has 0 spiro atoms. The van der Waals surface area contributed by atoms with Crippen molar-refractivity contribution in [1.29, 1.82) is 0 Å². The molecule has 0 aliphatic heterocycles. The number of nitrogens with zero attached hydrogens (tertiary/aromatic N) is 1. The number of primary amides is 1. The number of benzene rings is 3. The third kappa shape index (κ3) is 3.26. The van der Waals surface area contributed by atoms with E-state index in [9.17, 15) is 4.79 Å². The van der Waals surface area contributed by atoms with Crippen LogP contribution in [0.5, 0.6) is 0 Å². The van der Waals surface area contributed by atoms with Gasteiger partial charge in [0.05, 0.1) is 10.9 Å². The molecule has 0 unspecified atom stereocenters. The molecule has 1 heterocycles. The Morgan fingerprint density at radius 1 is 0.962 bits per heavy atom. The molecular formula is C21H15BrN2O2. The highest BCUT2D eigenvalue weighted by Crippen LogP contribution is 2.34. The van der Waals surface area contributed by atoms with Crippen LogP contribution in [-0.4, -0.2) is 10.9 Å². The average Bonchev–Trinajstić information content (AvgIpc) is 3.07. The van der Waals surface area contributed by atoms with Crippen LogP contribution in [-0.2, 0) is 11.2 Å². The molecular weight excluding hydrogens is 392 g/mol. The molecule has 4 rings (SSSR count). The largest absolute Gasteiger partial charge is 0.435 e. The van der Waals surface area contributed by atoms with Crippen LogP contribution in [0.3, 0.4) is 0 Å². The van der Waals surface area contributed by atoms with E-state index in [1.165, 1.54) is 0 Å². The van der Waals surface area contributed by atoms with Gasteiger partial charge in [-0.2, -0.15) is 0 Å². The first kappa shape index (κ1) is 16.5. The molecule has 0 aliphatic rings. The Bertz CT molecular complexity index is 1100. The van der Waals surface area contributed by atoms with Crippen LogP contribution in [0.25, 0.3) is 33.7 Å². The molecule has 128 valence electrons. The molecule has 0 radical (unpaired) electrons. The Hall–Kier alpha value is -2.92. The van der Waals surface area contributed by atoms with Gasteiger partial charge in [0.2, 0.25) is 11.8 Å². The fraction of sp³-hybridized carbons (Fsp3) is 0.0476. The number of carbonyl (C=O) groups is 1. The van der Waals surface area contributed by atoms with Gasteiger partial charge in [0.25, 0.3) is 0 Å². The average molecular weight is 407 g/mol. The lowest BCUT2D eigenvalue weighted by molar-refractivity contribution is -0.117. The van der Waals surface area contributed by atoms with Gasteiger partial charge in [0, 0.05) is 5.56 Å². The molecule has 1 aromatic heterocycles. The van der Waals surface area contributed by atoms with Gasteiger partial charge < -0.3 is 10.2 Å². The van der Waals surface area contributed by atoms with Crippen LogP contribution in [0, 0.1) is 0 Å². The van der Waals surface area contributed by atoms with Crippen LogP contribution >= 0.6 is 15.9 Å². The van der Waals surface area contributed by atoms with Crippen LogP contribution in [0.1, 0.15) is 5.56 Å².